The van der Waals surface area contributed by atoms with Gasteiger partial charge in [-0.1, -0.05) is 36.8 Å². The van der Waals surface area contributed by atoms with Crippen LogP contribution in [0.5, 0.6) is 0 Å². The monoisotopic (exact) mass is 212 g/mol. The Morgan fingerprint density at radius 2 is 1.86 bits per heavy atom. The molecule has 0 heterocycles. The van der Waals surface area contributed by atoms with E-state index in [0.717, 1.165) is 5.56 Å². The van der Waals surface area contributed by atoms with Crippen molar-refractivity contribution in [3.05, 3.63) is 35.4 Å². The third kappa shape index (κ3) is 2.46. The van der Waals surface area contributed by atoms with Crippen LogP contribution in [-0.2, 0) is 4.57 Å². The van der Waals surface area contributed by atoms with Crippen LogP contribution in [0.4, 0.5) is 0 Å². The van der Waals surface area contributed by atoms with Crippen LogP contribution in [0, 0.1) is 6.92 Å². The fourth-order valence-electron chi connectivity index (χ4n) is 1.35. The van der Waals surface area contributed by atoms with Gasteiger partial charge in [-0.25, -0.2) is 0 Å². The van der Waals surface area contributed by atoms with Crippen molar-refractivity contribution in [2.24, 2.45) is 0 Å². The Kier molecular flexibility index (Phi) is 3.52. The largest absolute Gasteiger partial charge is 0.344 e. The second-order valence-corrected chi connectivity index (χ2v) is 6.58. The van der Waals surface area contributed by atoms with Gasteiger partial charge in [-0.05, 0) is 19.4 Å². The van der Waals surface area contributed by atoms with Gasteiger partial charge in [-0.3, -0.25) is 4.57 Å². The van der Waals surface area contributed by atoms with Crippen molar-refractivity contribution in [2.75, 3.05) is 6.16 Å². The zero-order chi connectivity index (χ0) is 10.8. The third-order valence-corrected chi connectivity index (χ3v) is 5.03. The predicted octanol–water partition coefficient (Wildman–Crippen LogP) is 3.35. The number of hydrogen-bond acceptors (Lipinski definition) is 1. The zero-order valence-electron chi connectivity index (χ0n) is 8.90. The molecule has 0 saturated carbocycles. The molecule has 2 unspecified atom stereocenters. The molecular weight excluding hydrogens is 195 g/mol. The Hall–Kier alpha value is -0.590. The molecule has 0 aliphatic heterocycles. The topological polar surface area (TPSA) is 37.3 Å². The maximum Gasteiger partial charge on any atom is 0.207 e. The molecule has 0 fully saturated rings. The van der Waals surface area contributed by atoms with Crippen LogP contribution in [0.3, 0.4) is 0 Å². The van der Waals surface area contributed by atoms with Crippen molar-refractivity contribution in [1.29, 1.82) is 0 Å². The lowest BCUT2D eigenvalue weighted by atomic mass is 10.1. The van der Waals surface area contributed by atoms with Crippen molar-refractivity contribution < 1.29 is 9.46 Å². The van der Waals surface area contributed by atoms with E-state index in [9.17, 15) is 9.46 Å². The van der Waals surface area contributed by atoms with Gasteiger partial charge in [0, 0.05) is 6.16 Å². The SMILES string of the molecule is CCP(=O)(O)C(C)c1ccc(C)cc1. The van der Waals surface area contributed by atoms with Crippen LogP contribution >= 0.6 is 7.37 Å². The van der Waals surface area contributed by atoms with E-state index in [1.165, 1.54) is 5.56 Å². The highest BCUT2D eigenvalue weighted by molar-refractivity contribution is 7.58. The number of benzene rings is 1. The summed E-state index contributed by atoms with van der Waals surface area (Å²) in [5, 5.41) is 0. The van der Waals surface area contributed by atoms with E-state index in [1.54, 1.807) is 6.92 Å². The van der Waals surface area contributed by atoms with Crippen LogP contribution in [0.1, 0.15) is 30.6 Å². The smallest absolute Gasteiger partial charge is 0.207 e. The van der Waals surface area contributed by atoms with Gasteiger partial charge in [0.2, 0.25) is 7.37 Å². The molecule has 0 aromatic heterocycles. The molecule has 1 rings (SSSR count). The first kappa shape index (κ1) is 11.5. The quantitative estimate of drug-likeness (QED) is 0.780. The minimum Gasteiger partial charge on any atom is -0.344 e. The van der Waals surface area contributed by atoms with Crippen LogP contribution in [-0.4, -0.2) is 11.1 Å². The molecule has 14 heavy (non-hydrogen) atoms. The number of hydrogen-bond donors (Lipinski definition) is 1. The molecule has 0 saturated heterocycles. The summed E-state index contributed by atoms with van der Waals surface area (Å²) >= 11 is 0. The highest BCUT2D eigenvalue weighted by atomic mass is 31.2. The van der Waals surface area contributed by atoms with E-state index in [2.05, 4.69) is 0 Å². The van der Waals surface area contributed by atoms with E-state index >= 15 is 0 Å². The molecule has 0 aliphatic carbocycles. The van der Waals surface area contributed by atoms with Gasteiger partial charge in [0.25, 0.3) is 0 Å². The fraction of sp³-hybridized carbons (Fsp3) is 0.455. The molecule has 1 aromatic rings. The molecule has 0 aliphatic rings. The summed E-state index contributed by atoms with van der Waals surface area (Å²) < 4.78 is 11.7. The van der Waals surface area contributed by atoms with E-state index in [1.807, 2.05) is 38.1 Å². The molecule has 0 amide bonds. The average Bonchev–Trinajstić information content (AvgIpc) is 2.18. The molecular formula is C11H17O2P. The Morgan fingerprint density at radius 3 is 2.29 bits per heavy atom. The van der Waals surface area contributed by atoms with Crippen molar-refractivity contribution in [1.82, 2.24) is 0 Å². The van der Waals surface area contributed by atoms with Gasteiger partial charge in [-0.15, -0.1) is 0 Å². The van der Waals surface area contributed by atoms with Gasteiger partial charge in [0.05, 0.1) is 5.66 Å². The van der Waals surface area contributed by atoms with Gasteiger partial charge >= 0.3 is 0 Å². The molecule has 0 bridgehead atoms. The fourth-order valence-corrected chi connectivity index (χ4v) is 2.54. The number of aryl methyl sites for hydroxylation is 1. The normalized spacial score (nSPS) is 17.4. The second kappa shape index (κ2) is 4.29. The second-order valence-electron chi connectivity index (χ2n) is 3.66. The van der Waals surface area contributed by atoms with Crippen molar-refractivity contribution in [3.63, 3.8) is 0 Å². The molecule has 1 N–H and O–H groups in total. The first-order chi connectivity index (χ1) is 6.47. The van der Waals surface area contributed by atoms with Crippen LogP contribution in [0.25, 0.3) is 0 Å². The van der Waals surface area contributed by atoms with E-state index in [0.29, 0.717) is 6.16 Å². The van der Waals surface area contributed by atoms with Gasteiger partial charge in [-0.2, -0.15) is 0 Å². The summed E-state index contributed by atoms with van der Waals surface area (Å²) in [6.45, 7) is 5.58. The highest BCUT2D eigenvalue weighted by Crippen LogP contribution is 2.54. The van der Waals surface area contributed by atoms with E-state index in [-0.39, 0.29) is 5.66 Å². The standard InChI is InChI=1S/C11H17O2P/c1-4-14(12,13)10(3)11-7-5-9(2)6-8-11/h5-8,10H,4H2,1-3H3,(H,12,13). The first-order valence-electron chi connectivity index (χ1n) is 4.85. The Balaban J connectivity index is 2.95. The van der Waals surface area contributed by atoms with Crippen LogP contribution in [0.15, 0.2) is 24.3 Å². The maximum absolute atomic E-state index is 11.7. The lowest BCUT2D eigenvalue weighted by Crippen LogP contribution is -1.97. The summed E-state index contributed by atoms with van der Waals surface area (Å²) in [6, 6.07) is 7.81. The number of rotatable bonds is 3. The minimum atomic E-state index is -3.00. The average molecular weight is 212 g/mol. The van der Waals surface area contributed by atoms with E-state index in [4.69, 9.17) is 0 Å². The lowest BCUT2D eigenvalue weighted by Gasteiger charge is -2.18. The van der Waals surface area contributed by atoms with Gasteiger partial charge < -0.3 is 4.89 Å². The summed E-state index contributed by atoms with van der Waals surface area (Å²) in [5.74, 6) is 0. The summed E-state index contributed by atoms with van der Waals surface area (Å²) in [5.41, 5.74) is 1.86. The third-order valence-electron chi connectivity index (χ3n) is 2.62. The molecule has 0 radical (unpaired) electrons. The minimum absolute atomic E-state index is 0.256. The van der Waals surface area contributed by atoms with Crippen LogP contribution < -0.4 is 0 Å². The highest BCUT2D eigenvalue weighted by Gasteiger charge is 2.25. The lowest BCUT2D eigenvalue weighted by molar-refractivity contribution is 0.468. The predicted molar refractivity (Wildman–Crippen MR) is 60.0 cm³/mol. The Labute approximate surface area is 85.4 Å². The van der Waals surface area contributed by atoms with Gasteiger partial charge in [0.1, 0.15) is 0 Å². The van der Waals surface area contributed by atoms with Crippen molar-refractivity contribution in [3.8, 4) is 0 Å². The molecule has 0 spiro atoms. The first-order valence-corrected chi connectivity index (χ1v) is 6.77. The summed E-state index contributed by atoms with van der Waals surface area (Å²) in [6.07, 6.45) is 0.335. The van der Waals surface area contributed by atoms with Gasteiger partial charge in [0.15, 0.2) is 0 Å². The van der Waals surface area contributed by atoms with E-state index < -0.39 is 7.37 Å². The summed E-state index contributed by atoms with van der Waals surface area (Å²) in [7, 11) is -3.00. The Morgan fingerprint density at radius 1 is 1.36 bits per heavy atom. The van der Waals surface area contributed by atoms with Crippen molar-refractivity contribution in [2.45, 2.75) is 26.4 Å². The molecule has 2 nitrogen and oxygen atoms in total. The zero-order valence-corrected chi connectivity index (χ0v) is 9.79. The van der Waals surface area contributed by atoms with Crippen LogP contribution in [0.2, 0.25) is 0 Å². The molecule has 3 heteroatoms. The van der Waals surface area contributed by atoms with Crippen molar-refractivity contribution >= 4 is 7.37 Å². The molecule has 78 valence electrons. The molecule has 2 atom stereocenters. The summed E-state index contributed by atoms with van der Waals surface area (Å²) in [4.78, 5) is 9.67. The maximum atomic E-state index is 11.7. The molecule has 1 aromatic carbocycles. The Bertz CT molecular complexity index is 343.